The van der Waals surface area contributed by atoms with Crippen LogP contribution in [0.15, 0.2) is 55.4 Å². The van der Waals surface area contributed by atoms with Gasteiger partial charge in [-0.3, -0.25) is 4.79 Å². The number of carbonyl (C=O) groups is 1. The number of rotatable bonds is 4. The number of hydrogen-bond donors (Lipinski definition) is 1. The Hall–Kier alpha value is -2.99. The fourth-order valence-corrected chi connectivity index (χ4v) is 4.60. The summed E-state index contributed by atoms with van der Waals surface area (Å²) in [6.45, 7) is 5.04. The number of nitrogens with one attached hydrogen (secondary N) is 1. The highest BCUT2D eigenvalue weighted by molar-refractivity contribution is 6.31. The first-order chi connectivity index (χ1) is 14.0. The normalized spacial score (nSPS) is 22.4. The molecule has 1 saturated carbocycles. The molecule has 5 rings (SSSR count). The van der Waals surface area contributed by atoms with Gasteiger partial charge in [0.05, 0.1) is 16.2 Å². The van der Waals surface area contributed by atoms with Crippen LogP contribution in [0, 0.1) is 11.7 Å². The monoisotopic (exact) mass is 408 g/mol. The predicted molar refractivity (Wildman–Crippen MR) is 111 cm³/mol. The summed E-state index contributed by atoms with van der Waals surface area (Å²) in [7, 11) is 0. The van der Waals surface area contributed by atoms with E-state index in [1.165, 1.54) is 18.5 Å². The van der Waals surface area contributed by atoms with Gasteiger partial charge >= 0.3 is 0 Å². The first-order valence-corrected chi connectivity index (χ1v) is 9.77. The van der Waals surface area contributed by atoms with Crippen LogP contribution in [0.5, 0.6) is 0 Å². The van der Waals surface area contributed by atoms with Crippen molar-refractivity contribution in [1.29, 1.82) is 0 Å². The molecule has 1 amide bonds. The van der Waals surface area contributed by atoms with Gasteiger partial charge in [-0.1, -0.05) is 30.3 Å². The Bertz CT molecular complexity index is 1170. The van der Waals surface area contributed by atoms with Gasteiger partial charge in [0.15, 0.2) is 5.82 Å². The number of hydrogen-bond acceptors (Lipinski definition) is 4. The summed E-state index contributed by atoms with van der Waals surface area (Å²) in [4.78, 5) is 22.5. The van der Waals surface area contributed by atoms with Crippen molar-refractivity contribution < 1.29 is 9.18 Å². The van der Waals surface area contributed by atoms with Crippen molar-refractivity contribution in [2.75, 3.05) is 18.4 Å². The molecule has 2 atom stereocenters. The van der Waals surface area contributed by atoms with E-state index in [2.05, 4.69) is 34.0 Å². The summed E-state index contributed by atoms with van der Waals surface area (Å²) in [5, 5.41) is 3.90. The Morgan fingerprint density at radius 2 is 2.21 bits per heavy atom. The molecular weight excluding hydrogens is 391 g/mol. The molecule has 5 nitrogen and oxygen atoms in total. The second-order valence-corrected chi connectivity index (χ2v) is 8.07. The maximum absolute atomic E-state index is 14.3. The summed E-state index contributed by atoms with van der Waals surface area (Å²) in [6, 6.07) is 10.9. The van der Waals surface area contributed by atoms with Gasteiger partial charge in [0.1, 0.15) is 12.1 Å². The third-order valence-corrected chi connectivity index (χ3v) is 6.34. The summed E-state index contributed by atoms with van der Waals surface area (Å²) in [5.41, 5.74) is 2.15. The molecule has 0 unspecified atom stereocenters. The van der Waals surface area contributed by atoms with Gasteiger partial charge in [0.25, 0.3) is 0 Å². The van der Waals surface area contributed by atoms with Crippen LogP contribution in [-0.2, 0) is 10.2 Å². The summed E-state index contributed by atoms with van der Waals surface area (Å²) in [5.74, 6) is 0.422. The lowest BCUT2D eigenvalue weighted by atomic mass is 9.93. The minimum atomic E-state index is -0.521. The van der Waals surface area contributed by atoms with E-state index in [0.29, 0.717) is 18.3 Å². The Balaban J connectivity index is 1.53. The standard InChI is InChI=1S/C22H18ClFN4O/c1-2-19(29)28-10-14-9-22(14,11-28)13-6-7-17-15(8-13)21(26-12-25-17)27-18-5-3-4-16(23)20(18)24/h2-8,12,14H,1,9-11H2,(H,25,26,27)/t14-,22+/m1/s1. The zero-order valence-corrected chi connectivity index (χ0v) is 16.3. The maximum atomic E-state index is 14.3. The number of anilines is 2. The summed E-state index contributed by atoms with van der Waals surface area (Å²) < 4.78 is 14.3. The summed E-state index contributed by atoms with van der Waals surface area (Å²) in [6.07, 6.45) is 3.87. The van der Waals surface area contributed by atoms with E-state index in [1.54, 1.807) is 12.1 Å². The van der Waals surface area contributed by atoms with Crippen LogP contribution in [-0.4, -0.2) is 33.9 Å². The average molecular weight is 409 g/mol. The van der Waals surface area contributed by atoms with E-state index >= 15 is 0 Å². The average Bonchev–Trinajstić information content (AvgIpc) is 3.31. The molecule has 0 spiro atoms. The van der Waals surface area contributed by atoms with Gasteiger partial charge in [-0.2, -0.15) is 0 Å². The van der Waals surface area contributed by atoms with Gasteiger partial charge in [-0.15, -0.1) is 0 Å². The molecule has 7 heteroatoms. The van der Waals surface area contributed by atoms with Gasteiger partial charge in [0, 0.05) is 23.9 Å². The number of halogens is 2. The first kappa shape index (κ1) is 18.1. The van der Waals surface area contributed by atoms with E-state index in [-0.39, 0.29) is 22.0 Å². The fourth-order valence-electron chi connectivity index (χ4n) is 4.42. The van der Waals surface area contributed by atoms with Crippen LogP contribution in [0.1, 0.15) is 12.0 Å². The molecule has 0 radical (unpaired) electrons. The number of fused-ring (bicyclic) bond motifs is 2. The number of amides is 1. The lowest BCUT2D eigenvalue weighted by molar-refractivity contribution is -0.125. The molecule has 1 N–H and O–H groups in total. The molecular formula is C22H18ClFN4O. The van der Waals surface area contributed by atoms with E-state index in [4.69, 9.17) is 11.6 Å². The predicted octanol–water partition coefficient (Wildman–Crippen LogP) is 4.45. The van der Waals surface area contributed by atoms with Gasteiger partial charge < -0.3 is 10.2 Å². The molecule has 29 heavy (non-hydrogen) atoms. The fraction of sp³-hybridized carbons (Fsp3) is 0.227. The zero-order valence-electron chi connectivity index (χ0n) is 15.5. The molecule has 2 aliphatic rings. The third kappa shape index (κ3) is 2.86. The Labute approximate surface area is 172 Å². The van der Waals surface area contributed by atoms with Gasteiger partial charge in [0.2, 0.25) is 5.91 Å². The highest BCUT2D eigenvalue weighted by Crippen LogP contribution is 2.59. The topological polar surface area (TPSA) is 58.1 Å². The van der Waals surface area contributed by atoms with Crippen molar-refractivity contribution in [1.82, 2.24) is 14.9 Å². The van der Waals surface area contributed by atoms with Crippen LogP contribution in [0.25, 0.3) is 10.9 Å². The number of carbonyl (C=O) groups excluding carboxylic acids is 1. The minimum absolute atomic E-state index is 0.0265. The maximum Gasteiger partial charge on any atom is 0.245 e. The Morgan fingerprint density at radius 3 is 3.03 bits per heavy atom. The second-order valence-electron chi connectivity index (χ2n) is 7.66. The number of piperidine rings is 1. The Kier molecular flexibility index (Phi) is 4.06. The van der Waals surface area contributed by atoms with Crippen molar-refractivity contribution in [3.8, 4) is 0 Å². The van der Waals surface area contributed by atoms with Crippen molar-refractivity contribution in [3.05, 3.63) is 71.8 Å². The molecule has 1 saturated heterocycles. The van der Waals surface area contributed by atoms with Crippen LogP contribution in [0.3, 0.4) is 0 Å². The molecule has 2 heterocycles. The van der Waals surface area contributed by atoms with Crippen LogP contribution >= 0.6 is 11.6 Å². The zero-order chi connectivity index (χ0) is 20.2. The number of aromatic nitrogens is 2. The van der Waals surface area contributed by atoms with Crippen molar-refractivity contribution in [2.24, 2.45) is 5.92 Å². The second kappa shape index (κ2) is 6.52. The van der Waals surface area contributed by atoms with Gasteiger partial charge in [-0.05, 0) is 48.2 Å². The smallest absolute Gasteiger partial charge is 0.245 e. The van der Waals surface area contributed by atoms with E-state index < -0.39 is 5.82 Å². The van der Waals surface area contributed by atoms with Crippen molar-refractivity contribution in [3.63, 3.8) is 0 Å². The minimum Gasteiger partial charge on any atom is -0.338 e. The molecule has 3 aromatic rings. The number of likely N-dealkylation sites (tertiary alicyclic amines) is 1. The van der Waals surface area contributed by atoms with Crippen LogP contribution in [0.2, 0.25) is 5.02 Å². The molecule has 2 fully saturated rings. The molecule has 0 bridgehead atoms. The van der Waals surface area contributed by atoms with Crippen molar-refractivity contribution >= 4 is 39.9 Å². The quantitative estimate of drug-likeness (QED) is 0.648. The largest absolute Gasteiger partial charge is 0.338 e. The SMILES string of the molecule is C=CC(=O)N1C[C@H]2C[C@@]2(c2ccc3ncnc(Nc4cccc(Cl)c4F)c3c2)C1. The van der Waals surface area contributed by atoms with E-state index in [0.717, 1.165) is 29.4 Å². The van der Waals surface area contributed by atoms with E-state index in [1.807, 2.05) is 11.0 Å². The molecule has 1 aromatic heterocycles. The van der Waals surface area contributed by atoms with Crippen LogP contribution < -0.4 is 5.32 Å². The molecule has 146 valence electrons. The lowest BCUT2D eigenvalue weighted by Gasteiger charge is -2.20. The number of nitrogens with zero attached hydrogens (tertiary/aromatic N) is 3. The number of benzene rings is 2. The highest BCUT2D eigenvalue weighted by atomic mass is 35.5. The first-order valence-electron chi connectivity index (χ1n) is 9.39. The highest BCUT2D eigenvalue weighted by Gasteiger charge is 2.61. The summed E-state index contributed by atoms with van der Waals surface area (Å²) >= 11 is 5.90. The third-order valence-electron chi connectivity index (χ3n) is 6.05. The Morgan fingerprint density at radius 1 is 1.34 bits per heavy atom. The van der Waals surface area contributed by atoms with Crippen molar-refractivity contribution in [2.45, 2.75) is 11.8 Å². The van der Waals surface area contributed by atoms with E-state index in [9.17, 15) is 9.18 Å². The van der Waals surface area contributed by atoms with Gasteiger partial charge in [-0.25, -0.2) is 14.4 Å². The molecule has 2 aromatic carbocycles. The molecule has 1 aliphatic heterocycles. The van der Waals surface area contributed by atoms with Crippen LogP contribution in [0.4, 0.5) is 15.9 Å². The molecule has 1 aliphatic carbocycles. The lowest BCUT2D eigenvalue weighted by Crippen LogP contribution is -2.31.